The first-order valence-corrected chi connectivity index (χ1v) is 10.5. The highest BCUT2D eigenvalue weighted by molar-refractivity contribution is 7.98. The van der Waals surface area contributed by atoms with Crippen LogP contribution in [0.1, 0.15) is 49.1 Å². The molecule has 1 heterocycles. The normalized spacial score (nSPS) is 14.4. The summed E-state index contributed by atoms with van der Waals surface area (Å²) < 4.78 is 5.76. The summed E-state index contributed by atoms with van der Waals surface area (Å²) in [6.45, 7) is 0. The number of oxazole rings is 1. The number of nitrogens with one attached hydrogen (secondary N) is 1. The van der Waals surface area contributed by atoms with Crippen LogP contribution in [0.3, 0.4) is 0 Å². The van der Waals surface area contributed by atoms with Gasteiger partial charge in [-0.1, -0.05) is 67.4 Å². The highest BCUT2D eigenvalue weighted by atomic mass is 32.2. The summed E-state index contributed by atoms with van der Waals surface area (Å²) in [6.07, 6.45) is 7.53. The van der Waals surface area contributed by atoms with Gasteiger partial charge >= 0.3 is 0 Å². The van der Waals surface area contributed by atoms with Gasteiger partial charge in [0, 0.05) is 12.8 Å². The summed E-state index contributed by atoms with van der Waals surface area (Å²) in [6, 6.07) is 17.1. The third kappa shape index (κ3) is 5.60. The van der Waals surface area contributed by atoms with E-state index in [1.807, 2.05) is 24.3 Å². The number of hydrogen-bond acceptors (Lipinski definition) is 4. The number of benzene rings is 2. The molecule has 1 fully saturated rings. The van der Waals surface area contributed by atoms with Crippen LogP contribution >= 0.6 is 11.8 Å². The quantitative estimate of drug-likeness (QED) is 0.466. The van der Waals surface area contributed by atoms with Gasteiger partial charge in [0.1, 0.15) is 5.52 Å². The van der Waals surface area contributed by atoms with E-state index in [0.717, 1.165) is 28.0 Å². The number of para-hydroxylation sites is 2. The molecular formula is C22H26N2O2S. The van der Waals surface area contributed by atoms with Crippen molar-refractivity contribution in [2.45, 2.75) is 49.0 Å². The Hall–Kier alpha value is -2.27. The van der Waals surface area contributed by atoms with E-state index in [1.165, 1.54) is 43.2 Å². The van der Waals surface area contributed by atoms with E-state index in [4.69, 9.17) is 9.21 Å². The van der Waals surface area contributed by atoms with Gasteiger partial charge in [-0.25, -0.2) is 4.98 Å². The molecule has 1 amide bonds. The van der Waals surface area contributed by atoms with Crippen LogP contribution in [0, 0.1) is 0 Å². The third-order valence-corrected chi connectivity index (χ3v) is 5.71. The Kier molecular flexibility index (Phi) is 7.34. The molecule has 0 unspecified atom stereocenters. The SMILES string of the molecule is CNC=O.c1ccc2oc(SCc3ccc(C4CCCCC4)cc3)nc2c1. The summed E-state index contributed by atoms with van der Waals surface area (Å²) in [7, 11) is 1.56. The Morgan fingerprint density at radius 2 is 1.81 bits per heavy atom. The van der Waals surface area contributed by atoms with Gasteiger partial charge in [0.15, 0.2) is 5.58 Å². The summed E-state index contributed by atoms with van der Waals surface area (Å²) in [5.74, 6) is 1.68. The fraction of sp³-hybridized carbons (Fsp3) is 0.364. The summed E-state index contributed by atoms with van der Waals surface area (Å²) in [4.78, 5) is 13.6. The molecule has 1 aliphatic carbocycles. The largest absolute Gasteiger partial charge is 0.431 e. The monoisotopic (exact) mass is 382 g/mol. The molecule has 3 aromatic rings. The molecule has 4 nitrogen and oxygen atoms in total. The molecule has 142 valence electrons. The summed E-state index contributed by atoms with van der Waals surface area (Å²) in [5.41, 5.74) is 4.64. The minimum atomic E-state index is 0.625. The second kappa shape index (κ2) is 10.2. The average Bonchev–Trinajstić information content (AvgIpc) is 3.16. The Labute approximate surface area is 164 Å². The Morgan fingerprint density at radius 1 is 1.11 bits per heavy atom. The highest BCUT2D eigenvalue weighted by Gasteiger charge is 2.15. The smallest absolute Gasteiger partial charge is 0.257 e. The van der Waals surface area contributed by atoms with E-state index in [9.17, 15) is 0 Å². The van der Waals surface area contributed by atoms with Gasteiger partial charge < -0.3 is 9.73 Å². The van der Waals surface area contributed by atoms with Gasteiger partial charge in [0.05, 0.1) is 0 Å². The molecule has 27 heavy (non-hydrogen) atoms. The molecule has 0 atom stereocenters. The molecule has 2 aromatic carbocycles. The van der Waals surface area contributed by atoms with E-state index in [0.29, 0.717) is 6.41 Å². The molecule has 1 N–H and O–H groups in total. The van der Waals surface area contributed by atoms with Crippen LogP contribution in [-0.2, 0) is 10.5 Å². The van der Waals surface area contributed by atoms with Crippen LogP contribution in [0.4, 0.5) is 0 Å². The molecule has 0 radical (unpaired) electrons. The molecule has 1 aromatic heterocycles. The molecule has 0 aliphatic heterocycles. The van der Waals surface area contributed by atoms with Gasteiger partial charge in [-0.2, -0.15) is 0 Å². The van der Waals surface area contributed by atoms with Crippen molar-refractivity contribution >= 4 is 29.3 Å². The zero-order chi connectivity index (χ0) is 18.9. The fourth-order valence-electron chi connectivity index (χ4n) is 3.38. The Balaban J connectivity index is 0.000000481. The van der Waals surface area contributed by atoms with Crippen LogP contribution in [-0.4, -0.2) is 18.4 Å². The predicted octanol–water partition coefficient (Wildman–Crippen LogP) is 5.53. The van der Waals surface area contributed by atoms with Gasteiger partial charge in [-0.3, -0.25) is 4.79 Å². The maximum atomic E-state index is 9.06. The lowest BCUT2D eigenvalue weighted by molar-refractivity contribution is -0.109. The molecule has 0 saturated heterocycles. The number of amides is 1. The Morgan fingerprint density at radius 3 is 2.48 bits per heavy atom. The van der Waals surface area contributed by atoms with Crippen molar-refractivity contribution in [1.29, 1.82) is 0 Å². The van der Waals surface area contributed by atoms with Crippen LogP contribution in [0.5, 0.6) is 0 Å². The maximum Gasteiger partial charge on any atom is 0.257 e. The second-order valence-electron chi connectivity index (χ2n) is 6.72. The maximum absolute atomic E-state index is 9.06. The van der Waals surface area contributed by atoms with Gasteiger partial charge in [0.25, 0.3) is 5.22 Å². The zero-order valence-electron chi connectivity index (χ0n) is 15.7. The number of nitrogens with zero attached hydrogens (tertiary/aromatic N) is 1. The number of carbonyl (C=O) groups is 1. The van der Waals surface area contributed by atoms with Gasteiger partial charge in [0.2, 0.25) is 6.41 Å². The number of thioether (sulfide) groups is 1. The van der Waals surface area contributed by atoms with Crippen molar-refractivity contribution < 1.29 is 9.21 Å². The summed E-state index contributed by atoms with van der Waals surface area (Å²) in [5, 5.41) is 3.00. The standard InChI is InChI=1S/C20H21NOS.C2H5NO/c1-2-6-16(7-3-1)17-12-10-15(11-13-17)14-23-20-21-18-8-4-5-9-19(18)22-20;1-3-2-4/h4-5,8-13,16H,1-3,6-7,14H2;2H,1H3,(H,3,4). The fourth-order valence-corrected chi connectivity index (χ4v) is 4.17. The van der Waals surface area contributed by atoms with Crippen LogP contribution < -0.4 is 5.32 Å². The van der Waals surface area contributed by atoms with Crippen molar-refractivity contribution in [3.63, 3.8) is 0 Å². The minimum absolute atomic E-state index is 0.625. The van der Waals surface area contributed by atoms with E-state index in [1.54, 1.807) is 18.8 Å². The minimum Gasteiger partial charge on any atom is -0.431 e. The first-order chi connectivity index (χ1) is 13.3. The number of carbonyl (C=O) groups excluding carboxylic acids is 1. The third-order valence-electron chi connectivity index (χ3n) is 4.81. The molecule has 0 bridgehead atoms. The highest BCUT2D eigenvalue weighted by Crippen LogP contribution is 2.33. The predicted molar refractivity (Wildman–Crippen MR) is 111 cm³/mol. The molecule has 5 heteroatoms. The number of aromatic nitrogens is 1. The first kappa shape index (κ1) is 19.5. The average molecular weight is 383 g/mol. The second-order valence-corrected chi connectivity index (χ2v) is 7.65. The number of fused-ring (bicyclic) bond motifs is 1. The van der Waals surface area contributed by atoms with Crippen molar-refractivity contribution in [2.75, 3.05) is 7.05 Å². The van der Waals surface area contributed by atoms with Crippen molar-refractivity contribution in [3.05, 3.63) is 59.7 Å². The van der Waals surface area contributed by atoms with Crippen molar-refractivity contribution in [3.8, 4) is 0 Å². The van der Waals surface area contributed by atoms with Gasteiger partial charge in [-0.15, -0.1) is 0 Å². The van der Waals surface area contributed by atoms with E-state index in [2.05, 4.69) is 34.6 Å². The van der Waals surface area contributed by atoms with E-state index in [-0.39, 0.29) is 0 Å². The molecule has 0 spiro atoms. The van der Waals surface area contributed by atoms with Crippen LogP contribution in [0.25, 0.3) is 11.1 Å². The molecular weight excluding hydrogens is 356 g/mol. The number of hydrogen-bond donors (Lipinski definition) is 1. The van der Waals surface area contributed by atoms with Gasteiger partial charge in [-0.05, 0) is 42.0 Å². The first-order valence-electron chi connectivity index (χ1n) is 9.48. The molecule has 4 rings (SSSR count). The molecule has 1 aliphatic rings. The lowest BCUT2D eigenvalue weighted by Crippen LogP contribution is -2.04. The van der Waals surface area contributed by atoms with Crippen molar-refractivity contribution in [1.82, 2.24) is 10.3 Å². The van der Waals surface area contributed by atoms with Crippen molar-refractivity contribution in [2.24, 2.45) is 0 Å². The van der Waals surface area contributed by atoms with E-state index >= 15 is 0 Å². The topological polar surface area (TPSA) is 55.1 Å². The summed E-state index contributed by atoms with van der Waals surface area (Å²) >= 11 is 1.66. The number of rotatable bonds is 5. The molecule has 1 saturated carbocycles. The van der Waals surface area contributed by atoms with Crippen LogP contribution in [0.15, 0.2) is 58.2 Å². The van der Waals surface area contributed by atoms with E-state index < -0.39 is 0 Å². The lowest BCUT2D eigenvalue weighted by Gasteiger charge is -2.22. The lowest BCUT2D eigenvalue weighted by atomic mass is 9.84. The van der Waals surface area contributed by atoms with Crippen LogP contribution in [0.2, 0.25) is 0 Å². The Bertz CT molecular complexity index is 806. The zero-order valence-corrected chi connectivity index (χ0v) is 16.5.